The Morgan fingerprint density at radius 2 is 1.69 bits per heavy atom. The Bertz CT molecular complexity index is 846. The second kappa shape index (κ2) is 10.4. The molecule has 0 aliphatic heterocycles. The molecular weight excluding hydrogens is 384 g/mol. The van der Waals surface area contributed by atoms with E-state index in [1.807, 2.05) is 58.0 Å². The van der Waals surface area contributed by atoms with Crippen molar-refractivity contribution in [1.82, 2.24) is 10.2 Å². The van der Waals surface area contributed by atoms with Crippen molar-refractivity contribution in [2.24, 2.45) is 5.92 Å². The summed E-state index contributed by atoms with van der Waals surface area (Å²) in [6.07, 6.45) is 0.267. The van der Waals surface area contributed by atoms with Crippen LogP contribution in [0.5, 0.6) is 0 Å². The van der Waals surface area contributed by atoms with Gasteiger partial charge in [-0.3, -0.25) is 9.59 Å². The van der Waals surface area contributed by atoms with Crippen LogP contribution in [-0.2, 0) is 22.6 Å². The summed E-state index contributed by atoms with van der Waals surface area (Å²) in [7, 11) is 0. The smallest absolute Gasteiger partial charge is 0.242 e. The molecular formula is C24H31ClN2O2. The molecule has 4 nitrogen and oxygen atoms in total. The number of nitrogens with one attached hydrogen (secondary N) is 1. The number of hydrogen-bond acceptors (Lipinski definition) is 2. The molecule has 156 valence electrons. The van der Waals surface area contributed by atoms with Crippen LogP contribution in [0.2, 0.25) is 5.02 Å². The summed E-state index contributed by atoms with van der Waals surface area (Å²) < 4.78 is 0. The van der Waals surface area contributed by atoms with Gasteiger partial charge in [0.1, 0.15) is 6.04 Å². The summed E-state index contributed by atoms with van der Waals surface area (Å²) in [6, 6.07) is 12.9. The maximum Gasteiger partial charge on any atom is 0.242 e. The van der Waals surface area contributed by atoms with Gasteiger partial charge in [0.05, 0.1) is 6.42 Å². The fourth-order valence-electron chi connectivity index (χ4n) is 3.08. The molecule has 1 unspecified atom stereocenters. The van der Waals surface area contributed by atoms with E-state index in [1.54, 1.807) is 24.0 Å². The lowest BCUT2D eigenvalue weighted by Gasteiger charge is -2.29. The second-order valence-corrected chi connectivity index (χ2v) is 8.51. The first-order chi connectivity index (χ1) is 13.7. The molecule has 0 aliphatic rings. The van der Waals surface area contributed by atoms with Gasteiger partial charge in [-0.05, 0) is 55.5 Å². The number of nitrogens with zero attached hydrogens (tertiary/aromatic N) is 1. The lowest BCUT2D eigenvalue weighted by atomic mass is 10.0. The molecule has 5 heteroatoms. The van der Waals surface area contributed by atoms with Crippen LogP contribution < -0.4 is 5.32 Å². The topological polar surface area (TPSA) is 49.4 Å². The zero-order chi connectivity index (χ0) is 21.6. The van der Waals surface area contributed by atoms with Crippen molar-refractivity contribution in [1.29, 1.82) is 0 Å². The number of benzene rings is 2. The van der Waals surface area contributed by atoms with Gasteiger partial charge in [-0.15, -0.1) is 0 Å². The summed E-state index contributed by atoms with van der Waals surface area (Å²) in [5.41, 5.74) is 4.12. The van der Waals surface area contributed by atoms with Gasteiger partial charge in [-0.2, -0.15) is 0 Å². The minimum absolute atomic E-state index is 0.0687. The Morgan fingerprint density at radius 1 is 1.03 bits per heavy atom. The quantitative estimate of drug-likeness (QED) is 0.681. The van der Waals surface area contributed by atoms with Crippen LogP contribution in [0, 0.1) is 19.8 Å². The third-order valence-corrected chi connectivity index (χ3v) is 5.22. The molecule has 0 fully saturated rings. The van der Waals surface area contributed by atoms with Crippen molar-refractivity contribution < 1.29 is 9.59 Å². The standard InChI is InChI=1S/C24H31ClN2O2/c1-16(2)14-26-24(29)19(5)27(15-20-8-10-22(25)11-9-20)23(28)13-21-12-17(3)6-7-18(21)4/h6-12,16,19H,13-15H2,1-5H3,(H,26,29). The van der Waals surface area contributed by atoms with E-state index in [4.69, 9.17) is 11.6 Å². The number of halogens is 1. The van der Waals surface area contributed by atoms with Gasteiger partial charge < -0.3 is 10.2 Å². The largest absolute Gasteiger partial charge is 0.354 e. The Kier molecular flexibility index (Phi) is 8.27. The van der Waals surface area contributed by atoms with Gasteiger partial charge in [0.15, 0.2) is 0 Å². The lowest BCUT2D eigenvalue weighted by Crippen LogP contribution is -2.48. The molecule has 29 heavy (non-hydrogen) atoms. The van der Waals surface area contributed by atoms with Gasteiger partial charge in [0.25, 0.3) is 0 Å². The fourth-order valence-corrected chi connectivity index (χ4v) is 3.20. The summed E-state index contributed by atoms with van der Waals surface area (Å²) in [5.74, 6) is 0.143. The van der Waals surface area contributed by atoms with E-state index < -0.39 is 6.04 Å². The molecule has 2 rings (SSSR count). The van der Waals surface area contributed by atoms with E-state index in [1.165, 1.54) is 0 Å². The molecule has 0 aromatic heterocycles. The van der Waals surface area contributed by atoms with E-state index in [0.717, 1.165) is 22.3 Å². The third kappa shape index (κ3) is 6.90. The van der Waals surface area contributed by atoms with E-state index in [2.05, 4.69) is 5.32 Å². The maximum absolute atomic E-state index is 13.3. The van der Waals surface area contributed by atoms with Gasteiger partial charge in [0.2, 0.25) is 11.8 Å². The lowest BCUT2D eigenvalue weighted by molar-refractivity contribution is -0.140. The Hall–Kier alpha value is -2.33. The second-order valence-electron chi connectivity index (χ2n) is 8.07. The average Bonchev–Trinajstić information content (AvgIpc) is 2.67. The van der Waals surface area contributed by atoms with Crippen molar-refractivity contribution in [3.8, 4) is 0 Å². The summed E-state index contributed by atoms with van der Waals surface area (Å²) in [4.78, 5) is 27.6. The molecule has 0 heterocycles. The molecule has 2 aromatic rings. The molecule has 0 radical (unpaired) electrons. The first kappa shape index (κ1) is 23.0. The number of amides is 2. The van der Waals surface area contributed by atoms with E-state index in [0.29, 0.717) is 24.0 Å². The van der Waals surface area contributed by atoms with Gasteiger partial charge in [-0.25, -0.2) is 0 Å². The van der Waals surface area contributed by atoms with Crippen LogP contribution in [0.1, 0.15) is 43.0 Å². The first-order valence-electron chi connectivity index (χ1n) is 10.0. The van der Waals surface area contributed by atoms with Crippen LogP contribution >= 0.6 is 11.6 Å². The molecule has 2 aromatic carbocycles. The highest BCUT2D eigenvalue weighted by atomic mass is 35.5. The Labute approximate surface area is 179 Å². The number of carbonyl (C=O) groups excluding carboxylic acids is 2. The molecule has 0 saturated heterocycles. The minimum atomic E-state index is -0.568. The molecule has 0 saturated carbocycles. The number of hydrogen-bond donors (Lipinski definition) is 1. The van der Waals surface area contributed by atoms with Crippen LogP contribution in [0.3, 0.4) is 0 Å². The fraction of sp³-hybridized carbons (Fsp3) is 0.417. The van der Waals surface area contributed by atoms with Crippen molar-refractivity contribution in [3.63, 3.8) is 0 Å². The predicted octanol–water partition coefficient (Wildman–Crippen LogP) is 4.69. The highest BCUT2D eigenvalue weighted by Gasteiger charge is 2.26. The highest BCUT2D eigenvalue weighted by molar-refractivity contribution is 6.30. The molecule has 1 N–H and O–H groups in total. The van der Waals surface area contributed by atoms with E-state index in [-0.39, 0.29) is 18.2 Å². The monoisotopic (exact) mass is 414 g/mol. The molecule has 1 atom stereocenters. The number of rotatable bonds is 8. The van der Waals surface area contributed by atoms with Crippen molar-refractivity contribution >= 4 is 23.4 Å². The van der Waals surface area contributed by atoms with Crippen molar-refractivity contribution in [2.45, 2.75) is 53.6 Å². The first-order valence-corrected chi connectivity index (χ1v) is 10.4. The van der Waals surface area contributed by atoms with Crippen molar-refractivity contribution in [2.75, 3.05) is 6.54 Å². The van der Waals surface area contributed by atoms with E-state index in [9.17, 15) is 9.59 Å². The zero-order valence-electron chi connectivity index (χ0n) is 18.0. The summed E-state index contributed by atoms with van der Waals surface area (Å²) in [5, 5.41) is 3.59. The summed E-state index contributed by atoms with van der Waals surface area (Å²) in [6.45, 7) is 10.8. The number of aryl methyl sites for hydroxylation is 2. The van der Waals surface area contributed by atoms with Crippen LogP contribution in [0.15, 0.2) is 42.5 Å². The van der Waals surface area contributed by atoms with E-state index >= 15 is 0 Å². The molecule has 0 aliphatic carbocycles. The number of carbonyl (C=O) groups is 2. The highest BCUT2D eigenvalue weighted by Crippen LogP contribution is 2.17. The SMILES string of the molecule is Cc1ccc(C)c(CC(=O)N(Cc2ccc(Cl)cc2)C(C)C(=O)NCC(C)C)c1. The van der Waals surface area contributed by atoms with Gasteiger partial charge >= 0.3 is 0 Å². The molecule has 0 bridgehead atoms. The Morgan fingerprint density at radius 3 is 2.31 bits per heavy atom. The average molecular weight is 415 g/mol. The molecule has 0 spiro atoms. The normalized spacial score (nSPS) is 12.0. The van der Waals surface area contributed by atoms with Gasteiger partial charge in [-0.1, -0.05) is 61.3 Å². The maximum atomic E-state index is 13.3. The van der Waals surface area contributed by atoms with Crippen LogP contribution in [0.25, 0.3) is 0 Å². The minimum Gasteiger partial charge on any atom is -0.354 e. The van der Waals surface area contributed by atoms with Gasteiger partial charge in [0, 0.05) is 18.1 Å². The predicted molar refractivity (Wildman–Crippen MR) is 119 cm³/mol. The third-order valence-electron chi connectivity index (χ3n) is 4.96. The Balaban J connectivity index is 2.24. The zero-order valence-corrected chi connectivity index (χ0v) is 18.7. The van der Waals surface area contributed by atoms with Crippen LogP contribution in [-0.4, -0.2) is 29.3 Å². The molecule has 2 amide bonds. The van der Waals surface area contributed by atoms with Crippen LogP contribution in [0.4, 0.5) is 0 Å². The summed E-state index contributed by atoms with van der Waals surface area (Å²) >= 11 is 5.99. The van der Waals surface area contributed by atoms with Crippen molar-refractivity contribution in [3.05, 3.63) is 69.7 Å².